The van der Waals surface area contributed by atoms with Crippen molar-refractivity contribution in [2.75, 3.05) is 13.1 Å². The van der Waals surface area contributed by atoms with Crippen LogP contribution in [0.25, 0.3) is 0 Å². The summed E-state index contributed by atoms with van der Waals surface area (Å²) in [5, 5.41) is 11.3. The van der Waals surface area contributed by atoms with E-state index in [1.165, 1.54) is 0 Å². The van der Waals surface area contributed by atoms with Gasteiger partial charge in [-0.3, -0.25) is 14.4 Å². The maximum absolute atomic E-state index is 12.3. The molecule has 0 aliphatic carbocycles. The van der Waals surface area contributed by atoms with Gasteiger partial charge in [0.2, 0.25) is 11.8 Å². The third-order valence-corrected chi connectivity index (χ3v) is 3.31. The Morgan fingerprint density at radius 2 is 2.16 bits per heavy atom. The zero-order valence-corrected chi connectivity index (χ0v) is 11.5. The van der Waals surface area contributed by atoms with Crippen LogP contribution in [0.15, 0.2) is 0 Å². The monoisotopic (exact) mass is 270 g/mol. The highest BCUT2D eigenvalue weighted by Gasteiger charge is 2.29. The van der Waals surface area contributed by atoms with Gasteiger partial charge in [0.05, 0.1) is 5.92 Å². The van der Waals surface area contributed by atoms with Crippen molar-refractivity contribution < 1.29 is 19.5 Å². The van der Waals surface area contributed by atoms with Crippen molar-refractivity contribution in [1.82, 2.24) is 10.2 Å². The number of aliphatic carboxylic acids is 1. The molecule has 1 aliphatic heterocycles. The Balaban J connectivity index is 2.52. The largest absolute Gasteiger partial charge is 0.481 e. The van der Waals surface area contributed by atoms with Crippen LogP contribution in [0.3, 0.4) is 0 Å². The van der Waals surface area contributed by atoms with Gasteiger partial charge in [0, 0.05) is 32.0 Å². The number of carboxylic acid groups (broad SMARTS) is 1. The van der Waals surface area contributed by atoms with Crippen LogP contribution in [0.5, 0.6) is 0 Å². The Morgan fingerprint density at radius 1 is 1.47 bits per heavy atom. The molecule has 0 aromatic rings. The number of hydrogen-bond acceptors (Lipinski definition) is 3. The average molecular weight is 270 g/mol. The topological polar surface area (TPSA) is 86.7 Å². The molecular weight excluding hydrogens is 248 g/mol. The second-order valence-electron chi connectivity index (χ2n) is 5.16. The van der Waals surface area contributed by atoms with Gasteiger partial charge < -0.3 is 15.3 Å². The highest BCUT2D eigenvalue weighted by Crippen LogP contribution is 2.16. The molecule has 0 radical (unpaired) electrons. The van der Waals surface area contributed by atoms with Crippen molar-refractivity contribution in [3.05, 3.63) is 0 Å². The minimum absolute atomic E-state index is 0.00831. The van der Waals surface area contributed by atoms with Gasteiger partial charge >= 0.3 is 5.97 Å². The summed E-state index contributed by atoms with van der Waals surface area (Å²) < 4.78 is 0. The quantitative estimate of drug-likeness (QED) is 0.740. The summed E-state index contributed by atoms with van der Waals surface area (Å²) in [6.45, 7) is 4.67. The van der Waals surface area contributed by atoms with Crippen LogP contribution in [0.2, 0.25) is 0 Å². The van der Waals surface area contributed by atoms with Crippen LogP contribution in [0.1, 0.15) is 39.5 Å². The average Bonchev–Trinajstić information content (AvgIpc) is 2.34. The van der Waals surface area contributed by atoms with Crippen LogP contribution in [0, 0.1) is 5.92 Å². The van der Waals surface area contributed by atoms with Crippen molar-refractivity contribution in [2.45, 2.75) is 45.6 Å². The van der Waals surface area contributed by atoms with Gasteiger partial charge in [-0.1, -0.05) is 0 Å². The molecule has 0 aromatic heterocycles. The number of carboxylic acids is 1. The molecule has 2 amide bonds. The summed E-state index contributed by atoms with van der Waals surface area (Å²) >= 11 is 0. The first-order valence-corrected chi connectivity index (χ1v) is 6.70. The van der Waals surface area contributed by atoms with E-state index >= 15 is 0 Å². The first-order chi connectivity index (χ1) is 8.91. The van der Waals surface area contributed by atoms with E-state index in [9.17, 15) is 14.4 Å². The predicted octanol–water partition coefficient (Wildman–Crippen LogP) is 0.614. The summed E-state index contributed by atoms with van der Waals surface area (Å²) in [6.07, 6.45) is 1.49. The number of amides is 2. The Morgan fingerprint density at radius 3 is 2.63 bits per heavy atom. The maximum Gasteiger partial charge on any atom is 0.303 e. The zero-order valence-electron chi connectivity index (χ0n) is 11.5. The lowest BCUT2D eigenvalue weighted by atomic mass is 9.97. The lowest BCUT2D eigenvalue weighted by Crippen LogP contribution is -2.47. The fraction of sp³-hybridized carbons (Fsp3) is 0.769. The smallest absolute Gasteiger partial charge is 0.303 e. The molecule has 0 saturated carbocycles. The van der Waals surface area contributed by atoms with E-state index in [0.717, 1.165) is 0 Å². The Hall–Kier alpha value is -1.59. The number of nitrogens with zero attached hydrogens (tertiary/aromatic N) is 1. The summed E-state index contributed by atoms with van der Waals surface area (Å²) in [6, 6.07) is 0.0407. The summed E-state index contributed by atoms with van der Waals surface area (Å²) in [5.74, 6) is -1.02. The van der Waals surface area contributed by atoms with Crippen molar-refractivity contribution in [2.24, 2.45) is 5.92 Å². The van der Waals surface area contributed by atoms with Gasteiger partial charge in [-0.05, 0) is 26.7 Å². The molecule has 1 heterocycles. The molecule has 0 spiro atoms. The maximum atomic E-state index is 12.3. The molecule has 0 bridgehead atoms. The van der Waals surface area contributed by atoms with Crippen LogP contribution in [-0.2, 0) is 14.4 Å². The molecule has 6 heteroatoms. The third kappa shape index (κ3) is 4.89. The lowest BCUT2D eigenvalue weighted by Gasteiger charge is -2.32. The second-order valence-corrected chi connectivity index (χ2v) is 5.16. The number of carbonyl (C=O) groups excluding carboxylic acids is 2. The Kier molecular flexibility index (Phi) is 5.79. The molecular formula is C13H22N2O4. The highest BCUT2D eigenvalue weighted by molar-refractivity contribution is 5.84. The minimum Gasteiger partial charge on any atom is -0.481 e. The molecule has 1 rings (SSSR count). The van der Waals surface area contributed by atoms with Crippen molar-refractivity contribution in [3.63, 3.8) is 0 Å². The van der Waals surface area contributed by atoms with E-state index in [2.05, 4.69) is 5.32 Å². The van der Waals surface area contributed by atoms with Gasteiger partial charge in [-0.15, -0.1) is 0 Å². The van der Waals surface area contributed by atoms with Gasteiger partial charge in [-0.25, -0.2) is 0 Å². The predicted molar refractivity (Wildman–Crippen MR) is 69.5 cm³/mol. The molecule has 19 heavy (non-hydrogen) atoms. The summed E-state index contributed by atoms with van der Waals surface area (Å²) in [4.78, 5) is 35.7. The normalized spacial score (nSPS) is 19.1. The molecule has 6 nitrogen and oxygen atoms in total. The van der Waals surface area contributed by atoms with E-state index < -0.39 is 5.97 Å². The SMILES string of the molecule is CC(C)N(CCCC(=O)O)C(=O)C1CCC(=O)NC1. The molecule has 1 saturated heterocycles. The van der Waals surface area contributed by atoms with Crippen LogP contribution in [0.4, 0.5) is 0 Å². The van der Waals surface area contributed by atoms with Gasteiger partial charge in [0.25, 0.3) is 0 Å². The lowest BCUT2D eigenvalue weighted by molar-refractivity contribution is -0.141. The Bertz CT molecular complexity index is 345. The standard InChI is InChI=1S/C13H22N2O4/c1-9(2)15(7-3-4-12(17)18)13(19)10-5-6-11(16)14-8-10/h9-10H,3-8H2,1-2H3,(H,14,16)(H,17,18). The fourth-order valence-electron chi connectivity index (χ4n) is 2.20. The first-order valence-electron chi connectivity index (χ1n) is 6.70. The fourth-order valence-corrected chi connectivity index (χ4v) is 2.20. The molecule has 1 unspecified atom stereocenters. The van der Waals surface area contributed by atoms with E-state index in [1.807, 2.05) is 13.8 Å². The van der Waals surface area contributed by atoms with Crippen molar-refractivity contribution >= 4 is 17.8 Å². The van der Waals surface area contributed by atoms with Crippen LogP contribution in [-0.4, -0.2) is 46.9 Å². The van der Waals surface area contributed by atoms with E-state index in [-0.39, 0.29) is 30.2 Å². The number of nitrogens with one attached hydrogen (secondary N) is 1. The van der Waals surface area contributed by atoms with E-state index in [4.69, 9.17) is 5.11 Å². The molecule has 1 aliphatic rings. The number of piperidine rings is 1. The van der Waals surface area contributed by atoms with Crippen molar-refractivity contribution in [3.8, 4) is 0 Å². The van der Waals surface area contributed by atoms with Gasteiger partial charge in [0.15, 0.2) is 0 Å². The van der Waals surface area contributed by atoms with E-state index in [0.29, 0.717) is 32.4 Å². The number of carbonyl (C=O) groups is 3. The minimum atomic E-state index is -0.846. The molecule has 1 fully saturated rings. The first kappa shape index (κ1) is 15.5. The summed E-state index contributed by atoms with van der Waals surface area (Å²) in [7, 11) is 0. The third-order valence-electron chi connectivity index (χ3n) is 3.31. The zero-order chi connectivity index (χ0) is 14.4. The molecule has 1 atom stereocenters. The number of rotatable bonds is 6. The van der Waals surface area contributed by atoms with Gasteiger partial charge in [0.1, 0.15) is 0 Å². The van der Waals surface area contributed by atoms with Crippen LogP contribution < -0.4 is 5.32 Å². The van der Waals surface area contributed by atoms with Crippen LogP contribution >= 0.6 is 0 Å². The highest BCUT2D eigenvalue weighted by atomic mass is 16.4. The van der Waals surface area contributed by atoms with Crippen molar-refractivity contribution in [1.29, 1.82) is 0 Å². The molecule has 0 aromatic carbocycles. The Labute approximate surface area is 113 Å². The molecule has 2 N–H and O–H groups in total. The second kappa shape index (κ2) is 7.11. The van der Waals surface area contributed by atoms with E-state index in [1.54, 1.807) is 4.90 Å². The number of hydrogen-bond donors (Lipinski definition) is 2. The molecule has 108 valence electrons. The summed E-state index contributed by atoms with van der Waals surface area (Å²) in [5.41, 5.74) is 0. The van der Waals surface area contributed by atoms with Gasteiger partial charge in [-0.2, -0.15) is 0 Å².